The van der Waals surface area contributed by atoms with E-state index in [4.69, 9.17) is 15.2 Å². The summed E-state index contributed by atoms with van der Waals surface area (Å²) in [7, 11) is 3.54. The Morgan fingerprint density at radius 2 is 1.09 bits per heavy atom. The Balaban J connectivity index is 2.00. The quantitative estimate of drug-likeness (QED) is 0.442. The minimum absolute atomic E-state index is 0.473. The highest BCUT2D eigenvalue weighted by Crippen LogP contribution is 2.65. The molecule has 3 aromatic rings. The maximum absolute atomic E-state index is 6.43. The van der Waals surface area contributed by atoms with E-state index >= 15 is 0 Å². The van der Waals surface area contributed by atoms with E-state index in [1.54, 1.807) is 14.2 Å². The summed E-state index contributed by atoms with van der Waals surface area (Å²) < 4.78 is 12.1. The standard InChI is InChI=1S/C29H35N3O2/c1-5-18-31-20-10-7-11-21-26(20)29(16-17-30,27-22(31)12-8-14-24(27)33-3)28-23(32(21)19-6-2)13-9-15-25(28)34-4/h7-15H,5-6,16-19,30H2,1-4H3. The molecular weight excluding hydrogens is 422 g/mol. The lowest BCUT2D eigenvalue weighted by molar-refractivity contribution is 0.382. The van der Waals surface area contributed by atoms with E-state index in [1.165, 1.54) is 39.4 Å². The Morgan fingerprint density at radius 1 is 0.676 bits per heavy atom. The summed E-state index contributed by atoms with van der Waals surface area (Å²) in [5.74, 6) is 1.79. The molecule has 0 spiro atoms. The van der Waals surface area contributed by atoms with Crippen LogP contribution in [0.3, 0.4) is 0 Å². The molecule has 2 aliphatic rings. The van der Waals surface area contributed by atoms with Gasteiger partial charge in [0, 0.05) is 52.5 Å². The van der Waals surface area contributed by atoms with Gasteiger partial charge in [0.05, 0.1) is 19.6 Å². The number of benzene rings is 3. The van der Waals surface area contributed by atoms with E-state index in [2.05, 4.69) is 78.2 Å². The largest absolute Gasteiger partial charge is 0.496 e. The van der Waals surface area contributed by atoms with Crippen LogP contribution in [0.25, 0.3) is 0 Å². The summed E-state index contributed by atoms with van der Waals surface area (Å²) in [5, 5.41) is 0. The Labute approximate surface area is 203 Å². The first-order valence-electron chi connectivity index (χ1n) is 12.4. The van der Waals surface area contributed by atoms with Crippen LogP contribution in [0, 0.1) is 0 Å². The highest BCUT2D eigenvalue weighted by molar-refractivity contribution is 5.94. The van der Waals surface area contributed by atoms with Crippen LogP contribution in [-0.4, -0.2) is 33.9 Å². The van der Waals surface area contributed by atoms with E-state index in [9.17, 15) is 0 Å². The van der Waals surface area contributed by atoms with E-state index < -0.39 is 5.41 Å². The van der Waals surface area contributed by atoms with Crippen molar-refractivity contribution in [1.82, 2.24) is 0 Å². The second-order valence-corrected chi connectivity index (χ2v) is 9.13. The zero-order valence-corrected chi connectivity index (χ0v) is 20.7. The number of fused-ring (bicyclic) bond motifs is 4. The Kier molecular flexibility index (Phi) is 5.90. The SMILES string of the molecule is CCCN1c2cccc(OC)c2C2(CCN)c3c(OC)cccc3N(CCC)c3cccc1c32. The fraction of sp³-hybridized carbons (Fsp3) is 0.379. The molecule has 0 fully saturated rings. The second kappa shape index (κ2) is 8.88. The van der Waals surface area contributed by atoms with Crippen LogP contribution >= 0.6 is 0 Å². The first-order chi connectivity index (χ1) is 16.7. The number of nitrogens with zero attached hydrogens (tertiary/aromatic N) is 2. The Morgan fingerprint density at radius 3 is 1.47 bits per heavy atom. The maximum atomic E-state index is 6.43. The number of anilines is 4. The minimum atomic E-state index is -0.473. The zero-order valence-electron chi connectivity index (χ0n) is 20.7. The molecule has 5 nitrogen and oxygen atoms in total. The van der Waals surface area contributed by atoms with Crippen molar-refractivity contribution in [2.45, 2.75) is 38.5 Å². The molecule has 2 heterocycles. The predicted octanol–water partition coefficient (Wildman–Crippen LogP) is 6.11. The summed E-state index contributed by atoms with van der Waals surface area (Å²) in [6.07, 6.45) is 2.85. The topological polar surface area (TPSA) is 51.0 Å². The van der Waals surface area contributed by atoms with E-state index in [-0.39, 0.29) is 0 Å². The van der Waals surface area contributed by atoms with Crippen LogP contribution in [0.15, 0.2) is 54.6 Å². The first-order valence-corrected chi connectivity index (χ1v) is 12.4. The normalized spacial score (nSPS) is 14.9. The maximum Gasteiger partial charge on any atom is 0.125 e. The van der Waals surface area contributed by atoms with Crippen LogP contribution in [-0.2, 0) is 5.41 Å². The van der Waals surface area contributed by atoms with E-state index in [0.29, 0.717) is 6.54 Å². The molecular formula is C29H35N3O2. The predicted molar refractivity (Wildman–Crippen MR) is 141 cm³/mol. The van der Waals surface area contributed by atoms with Crippen LogP contribution in [0.2, 0.25) is 0 Å². The molecule has 34 heavy (non-hydrogen) atoms. The molecule has 2 N–H and O–H groups in total. The van der Waals surface area contributed by atoms with Crippen molar-refractivity contribution in [2.24, 2.45) is 5.73 Å². The molecule has 2 aliphatic heterocycles. The third kappa shape index (κ3) is 2.96. The molecule has 178 valence electrons. The van der Waals surface area contributed by atoms with E-state index in [0.717, 1.165) is 43.9 Å². The van der Waals surface area contributed by atoms with Crippen LogP contribution < -0.4 is 25.0 Å². The average molecular weight is 458 g/mol. The third-order valence-corrected chi connectivity index (χ3v) is 7.33. The van der Waals surface area contributed by atoms with Crippen molar-refractivity contribution in [3.05, 3.63) is 71.3 Å². The summed E-state index contributed by atoms with van der Waals surface area (Å²) >= 11 is 0. The van der Waals surface area contributed by atoms with Gasteiger partial charge in [0.15, 0.2) is 0 Å². The summed E-state index contributed by atoms with van der Waals surface area (Å²) in [6, 6.07) is 19.6. The monoisotopic (exact) mass is 457 g/mol. The lowest BCUT2D eigenvalue weighted by Crippen LogP contribution is -2.45. The van der Waals surface area contributed by atoms with Crippen molar-refractivity contribution in [1.29, 1.82) is 0 Å². The van der Waals surface area contributed by atoms with Crippen LogP contribution in [0.4, 0.5) is 22.7 Å². The van der Waals surface area contributed by atoms with Gasteiger partial charge in [-0.2, -0.15) is 0 Å². The number of hydrogen-bond acceptors (Lipinski definition) is 5. The highest BCUT2D eigenvalue weighted by atomic mass is 16.5. The molecule has 0 aromatic heterocycles. The summed E-state index contributed by atoms with van der Waals surface area (Å²) in [4.78, 5) is 4.94. The average Bonchev–Trinajstić information content (AvgIpc) is 2.87. The fourth-order valence-corrected chi connectivity index (χ4v) is 6.26. The second-order valence-electron chi connectivity index (χ2n) is 9.13. The number of ether oxygens (including phenoxy) is 2. The fourth-order valence-electron chi connectivity index (χ4n) is 6.26. The Bertz CT molecular complexity index is 1120. The van der Waals surface area contributed by atoms with Gasteiger partial charge in [0.2, 0.25) is 0 Å². The van der Waals surface area contributed by atoms with Crippen LogP contribution in [0.5, 0.6) is 11.5 Å². The molecule has 0 amide bonds. The van der Waals surface area contributed by atoms with Gasteiger partial charge in [-0.25, -0.2) is 0 Å². The molecule has 5 heteroatoms. The molecule has 0 saturated heterocycles. The smallest absolute Gasteiger partial charge is 0.125 e. The zero-order chi connectivity index (χ0) is 23.9. The molecule has 0 atom stereocenters. The van der Waals surface area contributed by atoms with E-state index in [1.807, 2.05) is 0 Å². The van der Waals surface area contributed by atoms with Gasteiger partial charge in [-0.05, 0) is 62.2 Å². The van der Waals surface area contributed by atoms with Crippen molar-refractivity contribution in [3.63, 3.8) is 0 Å². The van der Waals surface area contributed by atoms with Crippen molar-refractivity contribution >= 4 is 22.7 Å². The molecule has 0 bridgehead atoms. The van der Waals surface area contributed by atoms with Crippen molar-refractivity contribution in [3.8, 4) is 11.5 Å². The van der Waals surface area contributed by atoms with Gasteiger partial charge < -0.3 is 25.0 Å². The van der Waals surface area contributed by atoms with Crippen LogP contribution in [0.1, 0.15) is 49.8 Å². The van der Waals surface area contributed by atoms with Crippen molar-refractivity contribution < 1.29 is 9.47 Å². The van der Waals surface area contributed by atoms with Gasteiger partial charge in [0.1, 0.15) is 11.5 Å². The number of methoxy groups -OCH3 is 2. The molecule has 5 rings (SSSR count). The molecule has 3 aromatic carbocycles. The van der Waals surface area contributed by atoms with Crippen molar-refractivity contribution in [2.75, 3.05) is 43.7 Å². The van der Waals surface area contributed by atoms with Gasteiger partial charge in [-0.3, -0.25) is 0 Å². The Hall–Kier alpha value is -3.18. The third-order valence-electron chi connectivity index (χ3n) is 7.33. The lowest BCUT2D eigenvalue weighted by atomic mass is 9.61. The summed E-state index contributed by atoms with van der Waals surface area (Å²) in [5.41, 5.74) is 14.6. The number of nitrogens with two attached hydrogens (primary N) is 1. The highest BCUT2D eigenvalue weighted by Gasteiger charge is 2.53. The molecule has 0 aliphatic carbocycles. The lowest BCUT2D eigenvalue weighted by Gasteiger charge is -2.52. The first kappa shape index (κ1) is 22.6. The van der Waals surface area contributed by atoms with Gasteiger partial charge in [-0.1, -0.05) is 32.0 Å². The number of rotatable bonds is 8. The van der Waals surface area contributed by atoms with Gasteiger partial charge in [0.25, 0.3) is 0 Å². The molecule has 0 radical (unpaired) electrons. The summed E-state index contributed by atoms with van der Waals surface area (Å²) in [6.45, 7) is 6.88. The van der Waals surface area contributed by atoms with Gasteiger partial charge in [-0.15, -0.1) is 0 Å². The minimum Gasteiger partial charge on any atom is -0.496 e. The number of hydrogen-bond donors (Lipinski definition) is 1. The molecule has 0 saturated carbocycles. The molecule has 0 unspecified atom stereocenters. The van der Waals surface area contributed by atoms with Gasteiger partial charge >= 0.3 is 0 Å².